The first kappa shape index (κ1) is 24.2. The Kier molecular flexibility index (Phi) is 6.70. The van der Waals surface area contributed by atoms with Crippen LogP contribution in [0.4, 0.5) is 27.3 Å². The van der Waals surface area contributed by atoms with Gasteiger partial charge in [-0.25, -0.2) is 19.2 Å². The average Bonchev–Trinajstić information content (AvgIpc) is 3.27. The van der Waals surface area contributed by atoms with Crippen molar-refractivity contribution in [1.29, 1.82) is 0 Å². The number of fused-ring (bicyclic) bond motifs is 1. The number of nitrogens with one attached hydrogen (secondary N) is 2. The predicted molar refractivity (Wildman–Crippen MR) is 141 cm³/mol. The van der Waals surface area contributed by atoms with Crippen LogP contribution in [-0.2, 0) is 0 Å². The maximum absolute atomic E-state index is 15.4. The number of aromatic nitrogens is 3. The first-order chi connectivity index (χ1) is 18.0. The van der Waals surface area contributed by atoms with Crippen molar-refractivity contribution in [1.82, 2.24) is 19.9 Å². The maximum atomic E-state index is 15.4. The van der Waals surface area contributed by atoms with Crippen LogP contribution < -0.4 is 20.3 Å². The summed E-state index contributed by atoms with van der Waals surface area (Å²) >= 11 is 0. The molecule has 0 aliphatic carbocycles. The third-order valence-corrected chi connectivity index (χ3v) is 6.34. The van der Waals surface area contributed by atoms with Crippen LogP contribution in [0.1, 0.15) is 23.8 Å². The third-order valence-electron chi connectivity index (χ3n) is 6.34. The van der Waals surface area contributed by atoms with Crippen LogP contribution in [0.3, 0.4) is 0 Å². The summed E-state index contributed by atoms with van der Waals surface area (Å²) in [6.07, 6.45) is 1.56. The zero-order valence-corrected chi connectivity index (χ0v) is 20.6. The lowest BCUT2D eigenvalue weighted by atomic mass is 10.2. The highest BCUT2D eigenvalue weighted by molar-refractivity contribution is 5.94. The van der Waals surface area contributed by atoms with Crippen LogP contribution in [0.25, 0.3) is 15.7 Å². The van der Waals surface area contributed by atoms with Gasteiger partial charge >= 0.3 is 0 Å². The van der Waals surface area contributed by atoms with Gasteiger partial charge in [0.15, 0.2) is 11.6 Å². The molecule has 10 heteroatoms. The van der Waals surface area contributed by atoms with Crippen LogP contribution >= 0.6 is 0 Å². The zero-order chi connectivity index (χ0) is 25.9. The van der Waals surface area contributed by atoms with Gasteiger partial charge in [0.05, 0.1) is 12.1 Å². The van der Waals surface area contributed by atoms with Crippen LogP contribution in [-0.4, -0.2) is 46.6 Å². The van der Waals surface area contributed by atoms with Gasteiger partial charge in [0.1, 0.15) is 12.1 Å². The van der Waals surface area contributed by atoms with Crippen molar-refractivity contribution in [2.45, 2.75) is 20.3 Å². The molecule has 1 saturated heterocycles. The Morgan fingerprint density at radius 2 is 1.95 bits per heavy atom. The standard InChI is InChI=1S/C27H26FN7O2/c1-4-23(36)35-17(2)15-20-21(35)9-10-22(24(20)28)37-27-25(29-3)26(31-16-32-27)33-18-5-7-19(8-6-18)34-13-11-30-12-14-34/h5-10,15-16,30H,4,11-14H2,1-2H3,(H,31,32,33). The molecule has 1 fully saturated rings. The lowest BCUT2D eigenvalue weighted by Crippen LogP contribution is -2.43. The number of rotatable bonds is 6. The van der Waals surface area contributed by atoms with Crippen molar-refractivity contribution >= 4 is 39.7 Å². The van der Waals surface area contributed by atoms with E-state index in [9.17, 15) is 4.79 Å². The van der Waals surface area contributed by atoms with Gasteiger partial charge in [0.2, 0.25) is 11.8 Å². The van der Waals surface area contributed by atoms with E-state index in [1.54, 1.807) is 26.0 Å². The van der Waals surface area contributed by atoms with Gasteiger partial charge in [-0.05, 0) is 49.4 Å². The van der Waals surface area contributed by atoms with Gasteiger partial charge in [0, 0.05) is 55.1 Å². The van der Waals surface area contributed by atoms with E-state index in [1.165, 1.54) is 17.0 Å². The summed E-state index contributed by atoms with van der Waals surface area (Å²) in [5.74, 6) is -0.654. The third kappa shape index (κ3) is 4.69. The molecule has 2 aromatic heterocycles. The van der Waals surface area contributed by atoms with E-state index in [0.29, 0.717) is 17.6 Å². The van der Waals surface area contributed by atoms with Crippen molar-refractivity contribution in [3.63, 3.8) is 0 Å². The Bertz CT molecular complexity index is 1500. The highest BCUT2D eigenvalue weighted by atomic mass is 19.1. The largest absolute Gasteiger partial charge is 0.446 e. The summed E-state index contributed by atoms with van der Waals surface area (Å²) in [5, 5.41) is 6.75. The van der Waals surface area contributed by atoms with E-state index < -0.39 is 5.82 Å². The van der Waals surface area contributed by atoms with E-state index in [-0.39, 0.29) is 34.4 Å². The number of hydrogen-bond donors (Lipinski definition) is 2. The second kappa shape index (κ2) is 10.2. The van der Waals surface area contributed by atoms with Crippen molar-refractivity contribution in [3.05, 3.63) is 71.7 Å². The van der Waals surface area contributed by atoms with Crippen LogP contribution in [0.15, 0.2) is 48.8 Å². The Balaban J connectivity index is 1.41. The number of halogens is 1. The minimum absolute atomic E-state index is 0.0306. The molecule has 0 atom stereocenters. The molecule has 9 nitrogen and oxygen atoms in total. The molecule has 1 aliphatic rings. The second-order valence-corrected chi connectivity index (χ2v) is 8.68. The molecule has 2 N–H and O–H groups in total. The van der Waals surface area contributed by atoms with Gasteiger partial charge in [-0.3, -0.25) is 9.36 Å². The fourth-order valence-corrected chi connectivity index (χ4v) is 4.48. The molecule has 0 unspecified atom stereocenters. The summed E-state index contributed by atoms with van der Waals surface area (Å²) in [4.78, 5) is 26.5. The Morgan fingerprint density at radius 1 is 1.19 bits per heavy atom. The molecular formula is C27H26FN7O2. The Labute approximate surface area is 213 Å². The number of anilines is 3. The molecule has 0 saturated carbocycles. The van der Waals surface area contributed by atoms with Gasteiger partial charge < -0.3 is 20.3 Å². The highest BCUT2D eigenvalue weighted by Gasteiger charge is 2.20. The van der Waals surface area contributed by atoms with Crippen molar-refractivity contribution in [3.8, 4) is 11.6 Å². The second-order valence-electron chi connectivity index (χ2n) is 8.68. The molecule has 37 heavy (non-hydrogen) atoms. The van der Waals surface area contributed by atoms with Gasteiger partial charge in [-0.15, -0.1) is 0 Å². The van der Waals surface area contributed by atoms with Crippen molar-refractivity contribution in [2.24, 2.45) is 0 Å². The van der Waals surface area contributed by atoms with E-state index in [1.807, 2.05) is 24.3 Å². The topological polar surface area (TPSA) is 88.7 Å². The van der Waals surface area contributed by atoms with Crippen molar-refractivity contribution < 1.29 is 13.9 Å². The normalized spacial score (nSPS) is 13.4. The molecule has 0 amide bonds. The van der Waals surface area contributed by atoms with Crippen LogP contribution in [0.5, 0.6) is 11.6 Å². The summed E-state index contributed by atoms with van der Waals surface area (Å²) < 4.78 is 22.7. The highest BCUT2D eigenvalue weighted by Crippen LogP contribution is 2.38. The zero-order valence-electron chi connectivity index (χ0n) is 20.6. The number of benzene rings is 2. The minimum atomic E-state index is -0.629. The van der Waals surface area contributed by atoms with E-state index >= 15 is 4.39 Å². The average molecular weight is 500 g/mol. The Morgan fingerprint density at radius 3 is 2.65 bits per heavy atom. The van der Waals surface area contributed by atoms with Crippen LogP contribution in [0, 0.1) is 19.3 Å². The van der Waals surface area contributed by atoms with Crippen LogP contribution in [0.2, 0.25) is 0 Å². The number of ether oxygens (including phenoxy) is 1. The summed E-state index contributed by atoms with van der Waals surface area (Å²) in [6, 6.07) is 12.6. The fraction of sp³-hybridized carbons (Fsp3) is 0.259. The SMILES string of the molecule is [C-]#[N+]c1c(Nc2ccc(N3CCNCC3)cc2)ncnc1Oc1ccc2c(cc(C)n2C(=O)CC)c1F. The molecule has 5 rings (SSSR count). The number of carbonyl (C=O) groups is 1. The smallest absolute Gasteiger partial charge is 0.288 e. The summed E-state index contributed by atoms with van der Waals surface area (Å²) in [6.45, 7) is 15.0. The quantitative estimate of drug-likeness (QED) is 0.342. The molecule has 0 radical (unpaired) electrons. The molecule has 188 valence electrons. The summed E-state index contributed by atoms with van der Waals surface area (Å²) in [7, 11) is 0. The number of aryl methyl sites for hydroxylation is 1. The molecular weight excluding hydrogens is 473 g/mol. The molecule has 3 heterocycles. The van der Waals surface area contributed by atoms with Crippen molar-refractivity contribution in [2.75, 3.05) is 36.4 Å². The monoisotopic (exact) mass is 499 g/mol. The first-order valence-corrected chi connectivity index (χ1v) is 12.1. The lowest BCUT2D eigenvalue weighted by molar-refractivity contribution is 0.0912. The van der Waals surface area contributed by atoms with E-state index in [4.69, 9.17) is 11.3 Å². The van der Waals surface area contributed by atoms with Gasteiger partial charge in [-0.2, -0.15) is 0 Å². The maximum Gasteiger partial charge on any atom is 0.288 e. The number of hydrogen-bond acceptors (Lipinski definition) is 7. The molecule has 1 aliphatic heterocycles. The Hall–Kier alpha value is -4.49. The lowest BCUT2D eigenvalue weighted by Gasteiger charge is -2.29. The molecule has 0 spiro atoms. The fourth-order valence-electron chi connectivity index (χ4n) is 4.48. The number of nitrogens with zero attached hydrogens (tertiary/aromatic N) is 5. The minimum Gasteiger partial charge on any atom is -0.446 e. The number of carbonyl (C=O) groups excluding carboxylic acids is 1. The van der Waals surface area contributed by atoms with E-state index in [2.05, 4.69) is 30.3 Å². The van der Waals surface area contributed by atoms with E-state index in [0.717, 1.165) is 37.6 Å². The van der Waals surface area contributed by atoms with Gasteiger partial charge in [0.25, 0.3) is 5.69 Å². The predicted octanol–water partition coefficient (Wildman–Crippen LogP) is 5.43. The number of piperazine rings is 1. The molecule has 4 aromatic rings. The summed E-state index contributed by atoms with van der Waals surface area (Å²) in [5.41, 5.74) is 3.01. The molecule has 2 aromatic carbocycles. The first-order valence-electron chi connectivity index (χ1n) is 12.1. The molecule has 0 bridgehead atoms. The van der Waals surface area contributed by atoms with Gasteiger partial charge in [-0.1, -0.05) is 6.92 Å².